The Bertz CT molecular complexity index is 301. The summed E-state index contributed by atoms with van der Waals surface area (Å²) in [4.78, 5) is 0. The van der Waals surface area contributed by atoms with E-state index in [2.05, 4.69) is 70.0 Å². The zero-order chi connectivity index (χ0) is 12.7. The first-order valence-corrected chi connectivity index (χ1v) is 8.41. The highest BCUT2D eigenvalue weighted by atomic mass is 79.9. The van der Waals surface area contributed by atoms with Crippen LogP contribution in [0.5, 0.6) is 0 Å². The molecule has 0 saturated carbocycles. The summed E-state index contributed by atoms with van der Waals surface area (Å²) in [5, 5.41) is 1.11. The average molecular weight is 362 g/mol. The highest BCUT2D eigenvalue weighted by Gasteiger charge is 2.13. The third-order valence-electron chi connectivity index (χ3n) is 3.48. The number of rotatable bonds is 7. The molecule has 0 aliphatic rings. The summed E-state index contributed by atoms with van der Waals surface area (Å²) in [6, 6.07) is 8.73. The molecular formula is C15H22Br2. The van der Waals surface area contributed by atoms with Crippen LogP contribution in [0.3, 0.4) is 0 Å². The Morgan fingerprint density at radius 2 is 1.59 bits per heavy atom. The van der Waals surface area contributed by atoms with Crippen molar-refractivity contribution < 1.29 is 0 Å². The minimum atomic E-state index is 0.765. The first-order chi connectivity index (χ1) is 8.19. The Morgan fingerprint density at radius 1 is 1.00 bits per heavy atom. The molecule has 1 unspecified atom stereocenters. The summed E-state index contributed by atoms with van der Waals surface area (Å²) < 4.78 is 1.16. The van der Waals surface area contributed by atoms with E-state index in [4.69, 9.17) is 0 Å². The van der Waals surface area contributed by atoms with Gasteiger partial charge in [-0.15, -0.1) is 0 Å². The van der Waals surface area contributed by atoms with E-state index < -0.39 is 0 Å². The highest BCUT2D eigenvalue weighted by molar-refractivity contribution is 9.10. The quantitative estimate of drug-likeness (QED) is 0.536. The van der Waals surface area contributed by atoms with Gasteiger partial charge in [-0.1, -0.05) is 70.7 Å². The Hall–Kier alpha value is 0.180. The summed E-state index contributed by atoms with van der Waals surface area (Å²) in [5.74, 6) is 1.65. The fourth-order valence-electron chi connectivity index (χ4n) is 2.25. The molecule has 0 saturated heterocycles. The molecule has 0 radical (unpaired) electrons. The Balaban J connectivity index is 2.54. The van der Waals surface area contributed by atoms with Gasteiger partial charge in [-0.25, -0.2) is 0 Å². The Labute approximate surface area is 122 Å². The fourth-order valence-corrected chi connectivity index (χ4v) is 3.01. The van der Waals surface area contributed by atoms with Crippen molar-refractivity contribution in [1.82, 2.24) is 0 Å². The lowest BCUT2D eigenvalue weighted by Crippen LogP contribution is -2.12. The van der Waals surface area contributed by atoms with Crippen molar-refractivity contribution >= 4 is 31.9 Å². The molecule has 96 valence electrons. The van der Waals surface area contributed by atoms with E-state index >= 15 is 0 Å². The summed E-state index contributed by atoms with van der Waals surface area (Å²) >= 11 is 7.15. The van der Waals surface area contributed by atoms with Crippen LogP contribution < -0.4 is 0 Å². The first kappa shape index (κ1) is 15.2. The molecule has 0 aromatic heterocycles. The summed E-state index contributed by atoms with van der Waals surface area (Å²) in [6.45, 7) is 4.61. The zero-order valence-corrected chi connectivity index (χ0v) is 13.9. The molecule has 0 bridgehead atoms. The SMILES string of the molecule is CCC(CC)CC(CBr)Cc1ccc(Br)cc1. The van der Waals surface area contributed by atoms with Crippen LogP contribution in [0.4, 0.5) is 0 Å². The second-order valence-electron chi connectivity index (χ2n) is 4.77. The van der Waals surface area contributed by atoms with Crippen LogP contribution in [0.15, 0.2) is 28.7 Å². The van der Waals surface area contributed by atoms with Gasteiger partial charge in [0.05, 0.1) is 0 Å². The van der Waals surface area contributed by atoms with Gasteiger partial charge < -0.3 is 0 Å². The minimum absolute atomic E-state index is 0.765. The lowest BCUT2D eigenvalue weighted by molar-refractivity contribution is 0.375. The van der Waals surface area contributed by atoms with Crippen molar-refractivity contribution in [1.29, 1.82) is 0 Å². The van der Waals surface area contributed by atoms with Gasteiger partial charge in [0.2, 0.25) is 0 Å². The van der Waals surface area contributed by atoms with Crippen LogP contribution in [-0.4, -0.2) is 5.33 Å². The molecule has 1 aromatic rings. The maximum atomic E-state index is 3.67. The summed E-state index contributed by atoms with van der Waals surface area (Å²) in [5.41, 5.74) is 1.45. The summed E-state index contributed by atoms with van der Waals surface area (Å²) in [6.07, 6.45) is 5.14. The Kier molecular flexibility index (Phi) is 7.45. The van der Waals surface area contributed by atoms with E-state index in [1.165, 1.54) is 31.2 Å². The fraction of sp³-hybridized carbons (Fsp3) is 0.600. The molecule has 1 aromatic carbocycles. The van der Waals surface area contributed by atoms with Crippen molar-refractivity contribution in [3.8, 4) is 0 Å². The first-order valence-electron chi connectivity index (χ1n) is 6.49. The average Bonchev–Trinajstić information content (AvgIpc) is 2.37. The van der Waals surface area contributed by atoms with Gasteiger partial charge in [-0.2, -0.15) is 0 Å². The van der Waals surface area contributed by atoms with Crippen LogP contribution in [0, 0.1) is 11.8 Å². The van der Waals surface area contributed by atoms with Crippen molar-refractivity contribution in [3.05, 3.63) is 34.3 Å². The van der Waals surface area contributed by atoms with Gasteiger partial charge in [0.15, 0.2) is 0 Å². The highest BCUT2D eigenvalue weighted by Crippen LogP contribution is 2.24. The molecule has 0 nitrogen and oxygen atoms in total. The number of hydrogen-bond acceptors (Lipinski definition) is 0. The van der Waals surface area contributed by atoms with Crippen LogP contribution in [0.25, 0.3) is 0 Å². The predicted molar refractivity (Wildman–Crippen MR) is 83.8 cm³/mol. The normalized spacial score (nSPS) is 13.0. The summed E-state index contributed by atoms with van der Waals surface area (Å²) in [7, 11) is 0. The van der Waals surface area contributed by atoms with E-state index in [1.807, 2.05) is 0 Å². The van der Waals surface area contributed by atoms with Gasteiger partial charge in [0, 0.05) is 9.80 Å². The maximum absolute atomic E-state index is 3.67. The van der Waals surface area contributed by atoms with E-state index in [9.17, 15) is 0 Å². The predicted octanol–water partition coefficient (Wildman–Crippen LogP) is 5.83. The van der Waals surface area contributed by atoms with E-state index in [0.29, 0.717) is 0 Å². The number of halogens is 2. The van der Waals surface area contributed by atoms with Gasteiger partial charge in [0.25, 0.3) is 0 Å². The van der Waals surface area contributed by atoms with E-state index in [0.717, 1.165) is 21.6 Å². The van der Waals surface area contributed by atoms with Crippen LogP contribution >= 0.6 is 31.9 Å². The zero-order valence-electron chi connectivity index (χ0n) is 10.8. The largest absolute Gasteiger partial charge is 0.0925 e. The van der Waals surface area contributed by atoms with E-state index in [1.54, 1.807) is 0 Å². The molecule has 0 N–H and O–H groups in total. The van der Waals surface area contributed by atoms with Gasteiger partial charge in [0.1, 0.15) is 0 Å². The van der Waals surface area contributed by atoms with Gasteiger partial charge in [-0.3, -0.25) is 0 Å². The number of hydrogen-bond donors (Lipinski definition) is 0. The lowest BCUT2D eigenvalue weighted by Gasteiger charge is -2.20. The van der Waals surface area contributed by atoms with Crippen LogP contribution in [-0.2, 0) is 6.42 Å². The number of benzene rings is 1. The van der Waals surface area contributed by atoms with Crippen LogP contribution in [0.2, 0.25) is 0 Å². The van der Waals surface area contributed by atoms with Crippen LogP contribution in [0.1, 0.15) is 38.7 Å². The molecular weight excluding hydrogens is 340 g/mol. The lowest BCUT2D eigenvalue weighted by atomic mass is 9.88. The standard InChI is InChI=1S/C15H22Br2/c1-3-12(4-2)9-14(11-16)10-13-5-7-15(17)8-6-13/h5-8,12,14H,3-4,9-11H2,1-2H3. The minimum Gasteiger partial charge on any atom is -0.0925 e. The Morgan fingerprint density at radius 3 is 2.06 bits per heavy atom. The molecule has 17 heavy (non-hydrogen) atoms. The van der Waals surface area contributed by atoms with Crippen molar-refractivity contribution in [3.63, 3.8) is 0 Å². The molecule has 2 heteroatoms. The third kappa shape index (κ3) is 5.56. The monoisotopic (exact) mass is 360 g/mol. The molecule has 0 spiro atoms. The maximum Gasteiger partial charge on any atom is 0.0175 e. The number of alkyl halides is 1. The molecule has 0 fully saturated rings. The van der Waals surface area contributed by atoms with Gasteiger partial charge >= 0.3 is 0 Å². The second kappa shape index (κ2) is 8.31. The van der Waals surface area contributed by atoms with Crippen molar-refractivity contribution in [2.24, 2.45) is 11.8 Å². The molecule has 0 aliphatic heterocycles. The third-order valence-corrected chi connectivity index (χ3v) is 4.92. The molecule has 0 aliphatic carbocycles. The molecule has 1 rings (SSSR count). The van der Waals surface area contributed by atoms with Crippen molar-refractivity contribution in [2.45, 2.75) is 39.5 Å². The van der Waals surface area contributed by atoms with E-state index in [-0.39, 0.29) is 0 Å². The molecule has 0 amide bonds. The van der Waals surface area contributed by atoms with Gasteiger partial charge in [-0.05, 0) is 42.4 Å². The molecule has 0 heterocycles. The topological polar surface area (TPSA) is 0 Å². The van der Waals surface area contributed by atoms with Crippen molar-refractivity contribution in [2.75, 3.05) is 5.33 Å². The smallest absolute Gasteiger partial charge is 0.0175 e. The second-order valence-corrected chi connectivity index (χ2v) is 6.33. The molecule has 1 atom stereocenters.